The van der Waals surface area contributed by atoms with Gasteiger partial charge in [0.05, 0.1) is 0 Å². The number of nitrogens with zero attached hydrogens (tertiary/aromatic N) is 1. The van der Waals surface area contributed by atoms with Gasteiger partial charge in [0.1, 0.15) is 5.78 Å². The Kier molecular flexibility index (Phi) is 3.06. The quantitative estimate of drug-likeness (QED) is 0.840. The van der Waals surface area contributed by atoms with Crippen LogP contribution in [-0.2, 0) is 11.2 Å². The van der Waals surface area contributed by atoms with E-state index in [-0.39, 0.29) is 6.04 Å². The van der Waals surface area contributed by atoms with Crippen molar-refractivity contribution in [1.29, 1.82) is 0 Å². The predicted octanol–water partition coefficient (Wildman–Crippen LogP) is 1.93. The van der Waals surface area contributed by atoms with Gasteiger partial charge in [-0.05, 0) is 44.4 Å². The minimum absolute atomic E-state index is 0.00326. The van der Waals surface area contributed by atoms with Gasteiger partial charge in [0.15, 0.2) is 0 Å². The molecule has 0 amide bonds. The van der Waals surface area contributed by atoms with Gasteiger partial charge in [0.2, 0.25) is 0 Å². The van der Waals surface area contributed by atoms with Crippen molar-refractivity contribution in [3.05, 3.63) is 29.1 Å². The summed E-state index contributed by atoms with van der Waals surface area (Å²) in [6.45, 7) is 3.89. The largest absolute Gasteiger partial charge is 0.324 e. The number of hydrogen-bond donors (Lipinski definition) is 1. The van der Waals surface area contributed by atoms with Crippen molar-refractivity contribution in [3.63, 3.8) is 0 Å². The van der Waals surface area contributed by atoms with Crippen LogP contribution in [0.15, 0.2) is 12.1 Å². The number of carbonyl (C=O) groups is 1. The maximum Gasteiger partial charge on any atom is 0.141 e. The van der Waals surface area contributed by atoms with Crippen LogP contribution < -0.4 is 5.73 Å². The molecule has 1 unspecified atom stereocenters. The average molecular weight is 218 g/mol. The molecule has 1 fully saturated rings. The van der Waals surface area contributed by atoms with Crippen LogP contribution in [0.2, 0.25) is 0 Å². The predicted molar refractivity (Wildman–Crippen MR) is 63.0 cm³/mol. The summed E-state index contributed by atoms with van der Waals surface area (Å²) in [5.74, 6) is 0.634. The highest BCUT2D eigenvalue weighted by Gasteiger charge is 2.29. The standard InChI is InChI=1S/C13H18N2O/c1-8-5-11(9(2)14)6-12(15-8)7-13(16)10-3-4-10/h5-6,9-10H,3-4,7,14H2,1-2H3. The zero-order valence-electron chi connectivity index (χ0n) is 9.86. The topological polar surface area (TPSA) is 56.0 Å². The van der Waals surface area contributed by atoms with E-state index in [4.69, 9.17) is 5.73 Å². The molecule has 2 N–H and O–H groups in total. The summed E-state index contributed by atoms with van der Waals surface area (Å²) in [5, 5.41) is 0. The van der Waals surface area contributed by atoms with Crippen LogP contribution in [0.4, 0.5) is 0 Å². The zero-order valence-corrected chi connectivity index (χ0v) is 9.86. The van der Waals surface area contributed by atoms with Gasteiger partial charge >= 0.3 is 0 Å². The Balaban J connectivity index is 2.16. The van der Waals surface area contributed by atoms with Crippen molar-refractivity contribution < 1.29 is 4.79 Å². The third kappa shape index (κ3) is 2.67. The number of rotatable bonds is 4. The number of carbonyl (C=O) groups excluding carboxylic acids is 1. The highest BCUT2D eigenvalue weighted by atomic mass is 16.1. The number of aromatic nitrogens is 1. The first kappa shape index (κ1) is 11.3. The van der Waals surface area contributed by atoms with Gasteiger partial charge in [-0.3, -0.25) is 9.78 Å². The Morgan fingerprint density at radius 2 is 2.25 bits per heavy atom. The molecule has 0 radical (unpaired) electrons. The summed E-state index contributed by atoms with van der Waals surface area (Å²) in [4.78, 5) is 16.1. The van der Waals surface area contributed by atoms with E-state index in [1.54, 1.807) is 0 Å². The van der Waals surface area contributed by atoms with Gasteiger partial charge in [-0.25, -0.2) is 0 Å². The number of nitrogens with two attached hydrogens (primary N) is 1. The Morgan fingerprint density at radius 1 is 1.56 bits per heavy atom. The highest BCUT2D eigenvalue weighted by Crippen LogP contribution is 2.30. The van der Waals surface area contributed by atoms with E-state index in [9.17, 15) is 4.79 Å². The Labute approximate surface area is 96.1 Å². The molecular formula is C13H18N2O. The number of hydrogen-bond acceptors (Lipinski definition) is 3. The van der Waals surface area contributed by atoms with Gasteiger partial charge in [-0.2, -0.15) is 0 Å². The fourth-order valence-corrected chi connectivity index (χ4v) is 1.85. The van der Waals surface area contributed by atoms with Crippen LogP contribution in [-0.4, -0.2) is 10.8 Å². The number of Topliss-reactive ketones (excluding diaryl/α,β-unsaturated/α-hetero) is 1. The second kappa shape index (κ2) is 4.34. The van der Waals surface area contributed by atoms with E-state index in [0.717, 1.165) is 29.8 Å². The van der Waals surface area contributed by atoms with Crippen LogP contribution in [0, 0.1) is 12.8 Å². The Bertz CT molecular complexity index is 408. The maximum atomic E-state index is 11.7. The molecule has 3 heteroatoms. The van der Waals surface area contributed by atoms with Crippen molar-refractivity contribution in [3.8, 4) is 0 Å². The second-order valence-electron chi connectivity index (χ2n) is 4.74. The van der Waals surface area contributed by atoms with Crippen LogP contribution in [0.1, 0.15) is 42.8 Å². The van der Waals surface area contributed by atoms with E-state index in [0.29, 0.717) is 18.1 Å². The highest BCUT2D eigenvalue weighted by molar-refractivity contribution is 5.84. The SMILES string of the molecule is Cc1cc(C(C)N)cc(CC(=O)C2CC2)n1. The minimum Gasteiger partial charge on any atom is -0.324 e. The first-order chi connectivity index (χ1) is 7.56. The molecule has 86 valence electrons. The normalized spacial score (nSPS) is 17.2. The smallest absolute Gasteiger partial charge is 0.141 e. The molecule has 1 heterocycles. The number of pyridine rings is 1. The van der Waals surface area contributed by atoms with E-state index in [1.807, 2.05) is 26.0 Å². The van der Waals surface area contributed by atoms with Crippen LogP contribution in [0.5, 0.6) is 0 Å². The molecule has 1 aromatic heterocycles. The molecular weight excluding hydrogens is 200 g/mol. The average Bonchev–Trinajstić information content (AvgIpc) is 2.99. The molecule has 1 aliphatic carbocycles. The maximum absolute atomic E-state index is 11.7. The monoisotopic (exact) mass is 218 g/mol. The molecule has 0 spiro atoms. The summed E-state index contributed by atoms with van der Waals surface area (Å²) >= 11 is 0. The van der Waals surface area contributed by atoms with Crippen molar-refractivity contribution in [2.24, 2.45) is 11.7 Å². The van der Waals surface area contributed by atoms with Crippen LogP contribution in [0.3, 0.4) is 0 Å². The Morgan fingerprint density at radius 3 is 2.81 bits per heavy atom. The lowest BCUT2D eigenvalue weighted by Gasteiger charge is -2.09. The summed E-state index contributed by atoms with van der Waals surface area (Å²) in [7, 11) is 0. The fraction of sp³-hybridized carbons (Fsp3) is 0.538. The molecule has 1 saturated carbocycles. The third-order valence-electron chi connectivity index (χ3n) is 2.94. The molecule has 2 rings (SSSR count). The molecule has 0 aromatic carbocycles. The van der Waals surface area contributed by atoms with Gasteiger partial charge in [-0.15, -0.1) is 0 Å². The van der Waals surface area contributed by atoms with Crippen molar-refractivity contribution in [2.45, 2.75) is 39.2 Å². The molecule has 1 atom stereocenters. The van der Waals surface area contributed by atoms with E-state index in [2.05, 4.69) is 4.98 Å². The Hall–Kier alpha value is -1.22. The van der Waals surface area contributed by atoms with E-state index >= 15 is 0 Å². The summed E-state index contributed by atoms with van der Waals surface area (Å²) < 4.78 is 0. The van der Waals surface area contributed by atoms with Gasteiger partial charge in [0, 0.05) is 29.8 Å². The molecule has 0 aliphatic heterocycles. The van der Waals surface area contributed by atoms with Crippen LogP contribution >= 0.6 is 0 Å². The molecule has 1 aromatic rings. The van der Waals surface area contributed by atoms with Gasteiger partial charge in [-0.1, -0.05) is 0 Å². The van der Waals surface area contributed by atoms with E-state index < -0.39 is 0 Å². The van der Waals surface area contributed by atoms with Gasteiger partial charge < -0.3 is 5.73 Å². The number of ketones is 1. The molecule has 0 bridgehead atoms. The lowest BCUT2D eigenvalue weighted by atomic mass is 10.0. The van der Waals surface area contributed by atoms with Crippen molar-refractivity contribution >= 4 is 5.78 Å². The molecule has 16 heavy (non-hydrogen) atoms. The third-order valence-corrected chi connectivity index (χ3v) is 2.94. The minimum atomic E-state index is -0.00326. The molecule has 1 aliphatic rings. The van der Waals surface area contributed by atoms with E-state index in [1.165, 1.54) is 0 Å². The molecule has 3 nitrogen and oxygen atoms in total. The first-order valence-electron chi connectivity index (χ1n) is 5.82. The summed E-state index contributed by atoms with van der Waals surface area (Å²) in [6, 6.07) is 3.93. The summed E-state index contributed by atoms with van der Waals surface area (Å²) in [6.07, 6.45) is 2.58. The lowest BCUT2D eigenvalue weighted by Crippen LogP contribution is -2.10. The summed E-state index contributed by atoms with van der Waals surface area (Å²) in [5.41, 5.74) is 8.71. The fourth-order valence-electron chi connectivity index (χ4n) is 1.85. The number of aryl methyl sites for hydroxylation is 1. The first-order valence-corrected chi connectivity index (χ1v) is 5.82. The lowest BCUT2D eigenvalue weighted by molar-refractivity contribution is -0.119. The molecule has 0 saturated heterocycles. The van der Waals surface area contributed by atoms with Crippen molar-refractivity contribution in [1.82, 2.24) is 4.98 Å². The van der Waals surface area contributed by atoms with Crippen molar-refractivity contribution in [2.75, 3.05) is 0 Å². The van der Waals surface area contributed by atoms with Crippen LogP contribution in [0.25, 0.3) is 0 Å². The second-order valence-corrected chi connectivity index (χ2v) is 4.74. The zero-order chi connectivity index (χ0) is 11.7. The van der Waals surface area contributed by atoms with Gasteiger partial charge in [0.25, 0.3) is 0 Å².